The molecule has 0 aromatic carbocycles. The van der Waals surface area contributed by atoms with Crippen LogP contribution in [-0.2, 0) is 11.3 Å². The molecule has 1 aromatic rings. The van der Waals surface area contributed by atoms with Crippen LogP contribution in [0.4, 0.5) is 0 Å². The highest BCUT2D eigenvalue weighted by molar-refractivity contribution is 9.11. The number of carbonyl (C=O) groups excluding carboxylic acids is 1. The van der Waals surface area contributed by atoms with Gasteiger partial charge in [-0.25, -0.2) is 0 Å². The molecule has 0 atom stereocenters. The standard InChI is InChI=1S/C11H15Br2N3O/c12-8-5-9(13)10(16-6-8)7-15-4-2-1-3-11(14)17/h5-6,15H,1-4,7H2,(H2,14,17). The number of unbranched alkanes of at least 4 members (excludes halogenated alkanes) is 1. The molecule has 6 heteroatoms. The summed E-state index contributed by atoms with van der Waals surface area (Å²) in [5.74, 6) is -0.234. The van der Waals surface area contributed by atoms with Gasteiger partial charge in [0.1, 0.15) is 0 Å². The number of primary amides is 1. The quantitative estimate of drug-likeness (QED) is 0.729. The van der Waals surface area contributed by atoms with Gasteiger partial charge in [0.2, 0.25) is 5.91 Å². The first-order chi connectivity index (χ1) is 8.09. The van der Waals surface area contributed by atoms with E-state index in [9.17, 15) is 4.79 Å². The van der Waals surface area contributed by atoms with Crippen LogP contribution in [0.15, 0.2) is 21.2 Å². The first kappa shape index (κ1) is 14.6. The summed E-state index contributed by atoms with van der Waals surface area (Å²) in [7, 11) is 0. The second-order valence-electron chi connectivity index (χ2n) is 3.68. The third kappa shape index (κ3) is 6.14. The molecule has 0 aliphatic heterocycles. The van der Waals surface area contributed by atoms with Crippen molar-refractivity contribution in [3.05, 3.63) is 26.9 Å². The van der Waals surface area contributed by atoms with Crippen molar-refractivity contribution in [3.63, 3.8) is 0 Å². The van der Waals surface area contributed by atoms with Gasteiger partial charge in [-0.05, 0) is 57.3 Å². The first-order valence-electron chi connectivity index (χ1n) is 5.38. The highest BCUT2D eigenvalue weighted by Gasteiger charge is 2.01. The molecular weight excluding hydrogens is 350 g/mol. The van der Waals surface area contributed by atoms with E-state index in [0.717, 1.165) is 34.0 Å². The number of pyridine rings is 1. The summed E-state index contributed by atoms with van der Waals surface area (Å²) in [6.45, 7) is 1.57. The summed E-state index contributed by atoms with van der Waals surface area (Å²) < 4.78 is 1.94. The minimum absolute atomic E-state index is 0.234. The maximum atomic E-state index is 10.5. The number of rotatable bonds is 7. The summed E-state index contributed by atoms with van der Waals surface area (Å²) in [4.78, 5) is 14.8. The van der Waals surface area contributed by atoms with Gasteiger partial charge in [0, 0.05) is 28.1 Å². The average molecular weight is 365 g/mol. The largest absolute Gasteiger partial charge is 0.370 e. The fourth-order valence-corrected chi connectivity index (χ4v) is 2.46. The average Bonchev–Trinajstić information content (AvgIpc) is 2.25. The number of carbonyl (C=O) groups is 1. The number of aromatic nitrogens is 1. The number of nitrogens with zero attached hydrogens (tertiary/aromatic N) is 1. The van der Waals surface area contributed by atoms with Crippen molar-refractivity contribution in [1.29, 1.82) is 0 Å². The van der Waals surface area contributed by atoms with Gasteiger partial charge in [-0.3, -0.25) is 9.78 Å². The van der Waals surface area contributed by atoms with E-state index in [4.69, 9.17) is 5.73 Å². The molecule has 4 nitrogen and oxygen atoms in total. The van der Waals surface area contributed by atoms with Gasteiger partial charge in [0.05, 0.1) is 5.69 Å². The smallest absolute Gasteiger partial charge is 0.217 e. The molecule has 1 heterocycles. The zero-order chi connectivity index (χ0) is 12.7. The fourth-order valence-electron chi connectivity index (χ4n) is 1.33. The van der Waals surface area contributed by atoms with Crippen LogP contribution < -0.4 is 11.1 Å². The van der Waals surface area contributed by atoms with Gasteiger partial charge in [0.15, 0.2) is 0 Å². The van der Waals surface area contributed by atoms with Crippen LogP contribution in [0.5, 0.6) is 0 Å². The lowest BCUT2D eigenvalue weighted by atomic mass is 10.2. The lowest BCUT2D eigenvalue weighted by Gasteiger charge is -2.06. The molecule has 0 bridgehead atoms. The number of amides is 1. The van der Waals surface area contributed by atoms with Crippen molar-refractivity contribution in [1.82, 2.24) is 10.3 Å². The Morgan fingerprint density at radius 2 is 2.18 bits per heavy atom. The third-order valence-electron chi connectivity index (χ3n) is 2.20. The summed E-state index contributed by atoms with van der Waals surface area (Å²) in [6.07, 6.45) is 4.01. The molecule has 94 valence electrons. The van der Waals surface area contributed by atoms with Gasteiger partial charge in [-0.1, -0.05) is 0 Å². The van der Waals surface area contributed by atoms with Crippen molar-refractivity contribution >= 4 is 37.8 Å². The van der Waals surface area contributed by atoms with Crippen molar-refractivity contribution in [2.45, 2.75) is 25.8 Å². The minimum Gasteiger partial charge on any atom is -0.370 e. The number of nitrogens with two attached hydrogens (primary N) is 1. The normalized spacial score (nSPS) is 10.5. The minimum atomic E-state index is -0.234. The SMILES string of the molecule is NC(=O)CCCCNCc1ncc(Br)cc1Br. The molecule has 0 unspecified atom stereocenters. The zero-order valence-electron chi connectivity index (χ0n) is 9.38. The monoisotopic (exact) mass is 363 g/mol. The molecule has 0 fully saturated rings. The van der Waals surface area contributed by atoms with Crippen molar-refractivity contribution in [2.24, 2.45) is 5.73 Å². The lowest BCUT2D eigenvalue weighted by molar-refractivity contribution is -0.118. The molecule has 3 N–H and O–H groups in total. The van der Waals surface area contributed by atoms with E-state index >= 15 is 0 Å². The molecule has 0 aliphatic rings. The van der Waals surface area contributed by atoms with E-state index in [1.807, 2.05) is 6.07 Å². The molecule has 1 amide bonds. The van der Waals surface area contributed by atoms with Crippen LogP contribution in [0.3, 0.4) is 0 Å². The molecule has 17 heavy (non-hydrogen) atoms. The fraction of sp³-hybridized carbons (Fsp3) is 0.455. The topological polar surface area (TPSA) is 68.0 Å². The second-order valence-corrected chi connectivity index (χ2v) is 5.45. The van der Waals surface area contributed by atoms with Crippen LogP contribution in [-0.4, -0.2) is 17.4 Å². The maximum Gasteiger partial charge on any atom is 0.217 e. The molecule has 0 radical (unpaired) electrons. The number of halogens is 2. The van der Waals surface area contributed by atoms with E-state index in [1.54, 1.807) is 6.20 Å². The Labute approximate surface area is 118 Å². The van der Waals surface area contributed by atoms with Gasteiger partial charge in [0.25, 0.3) is 0 Å². The van der Waals surface area contributed by atoms with Crippen molar-refractivity contribution < 1.29 is 4.79 Å². The van der Waals surface area contributed by atoms with Crippen molar-refractivity contribution in [2.75, 3.05) is 6.54 Å². The Morgan fingerprint density at radius 1 is 1.41 bits per heavy atom. The van der Waals surface area contributed by atoms with Crippen LogP contribution in [0.25, 0.3) is 0 Å². The Balaban J connectivity index is 2.20. The first-order valence-corrected chi connectivity index (χ1v) is 6.97. The lowest BCUT2D eigenvalue weighted by Crippen LogP contribution is -2.17. The van der Waals surface area contributed by atoms with Crippen LogP contribution in [0.1, 0.15) is 25.0 Å². The molecule has 0 spiro atoms. The molecule has 0 saturated carbocycles. The summed E-state index contributed by atoms with van der Waals surface area (Å²) in [5.41, 5.74) is 6.03. The molecule has 0 saturated heterocycles. The van der Waals surface area contributed by atoms with E-state index in [2.05, 4.69) is 42.2 Å². The summed E-state index contributed by atoms with van der Waals surface area (Å²) in [6, 6.07) is 1.97. The summed E-state index contributed by atoms with van der Waals surface area (Å²) >= 11 is 6.81. The van der Waals surface area contributed by atoms with Crippen LogP contribution in [0, 0.1) is 0 Å². The zero-order valence-corrected chi connectivity index (χ0v) is 12.6. The van der Waals surface area contributed by atoms with Crippen LogP contribution in [0.2, 0.25) is 0 Å². The predicted octanol–water partition coefficient (Wildman–Crippen LogP) is 2.35. The molecular formula is C11H15Br2N3O. The van der Waals surface area contributed by atoms with Gasteiger partial charge >= 0.3 is 0 Å². The number of hydrogen-bond donors (Lipinski definition) is 2. The number of nitrogens with one attached hydrogen (secondary N) is 1. The van der Waals surface area contributed by atoms with Crippen LogP contribution >= 0.6 is 31.9 Å². The van der Waals surface area contributed by atoms with E-state index < -0.39 is 0 Å². The highest BCUT2D eigenvalue weighted by Crippen LogP contribution is 2.19. The van der Waals surface area contributed by atoms with E-state index in [-0.39, 0.29) is 5.91 Å². The van der Waals surface area contributed by atoms with Gasteiger partial charge < -0.3 is 11.1 Å². The Hall–Kier alpha value is -0.460. The van der Waals surface area contributed by atoms with Gasteiger partial charge in [-0.2, -0.15) is 0 Å². The van der Waals surface area contributed by atoms with Crippen molar-refractivity contribution in [3.8, 4) is 0 Å². The third-order valence-corrected chi connectivity index (χ3v) is 3.32. The Morgan fingerprint density at radius 3 is 2.82 bits per heavy atom. The van der Waals surface area contributed by atoms with Gasteiger partial charge in [-0.15, -0.1) is 0 Å². The molecule has 1 aromatic heterocycles. The Kier molecular flexibility index (Phi) is 6.69. The van der Waals surface area contributed by atoms with E-state index in [1.165, 1.54) is 0 Å². The molecule has 1 rings (SSSR count). The predicted molar refractivity (Wildman–Crippen MR) is 74.4 cm³/mol. The van der Waals surface area contributed by atoms with E-state index in [0.29, 0.717) is 13.0 Å². The maximum absolute atomic E-state index is 10.5. The second kappa shape index (κ2) is 7.79. The summed E-state index contributed by atoms with van der Waals surface area (Å²) in [5, 5.41) is 3.28. The number of hydrogen-bond acceptors (Lipinski definition) is 3. The Bertz CT molecular complexity index is 385. The molecule has 0 aliphatic carbocycles. The highest BCUT2D eigenvalue weighted by atomic mass is 79.9.